The second-order valence-electron chi connectivity index (χ2n) is 13.0. The standard InChI is InChI=1S/C47H31N/c1-30-27-34(45-40-21-11-9-19-38(40)44(33-15-3-2-4-16-33)39-20-10-12-22-41(39)45)29-35(28-30)48-46-36-17-7-5-13-31(36)23-25-42(46)43-26-24-32-14-6-8-18-37(32)47(43)48/h2-29H,1H3. The first-order valence-corrected chi connectivity index (χ1v) is 16.7. The smallest absolute Gasteiger partial charge is 0.0619 e. The zero-order chi connectivity index (χ0) is 31.8. The molecule has 0 amide bonds. The Bertz CT molecular complexity index is 2740. The fourth-order valence-electron chi connectivity index (χ4n) is 8.19. The van der Waals surface area contributed by atoms with E-state index in [-0.39, 0.29) is 0 Å². The average molecular weight is 610 g/mol. The van der Waals surface area contributed by atoms with E-state index in [0.717, 1.165) is 0 Å². The number of hydrogen-bond acceptors (Lipinski definition) is 0. The van der Waals surface area contributed by atoms with Gasteiger partial charge in [0.25, 0.3) is 0 Å². The molecule has 1 heterocycles. The van der Waals surface area contributed by atoms with E-state index in [9.17, 15) is 0 Å². The highest BCUT2D eigenvalue weighted by Crippen LogP contribution is 2.45. The molecule has 0 N–H and O–H groups in total. The van der Waals surface area contributed by atoms with Gasteiger partial charge in [-0.15, -0.1) is 0 Å². The Morgan fingerprint density at radius 1 is 0.333 bits per heavy atom. The van der Waals surface area contributed by atoms with Gasteiger partial charge in [-0.3, -0.25) is 0 Å². The molecule has 0 aliphatic heterocycles. The Labute approximate surface area is 278 Å². The largest absolute Gasteiger partial charge is 0.308 e. The summed E-state index contributed by atoms with van der Waals surface area (Å²) < 4.78 is 2.54. The SMILES string of the molecule is Cc1cc(-c2c3ccccc3c(-c3ccccc3)c3ccccc23)cc(-n2c3c4ccccc4ccc3c3ccc4ccccc4c32)c1. The minimum Gasteiger partial charge on any atom is -0.308 e. The van der Waals surface area contributed by atoms with Crippen LogP contribution in [0.2, 0.25) is 0 Å². The van der Waals surface area contributed by atoms with Crippen LogP contribution in [0.3, 0.4) is 0 Å². The molecule has 10 rings (SSSR count). The maximum absolute atomic E-state index is 2.54. The lowest BCUT2D eigenvalue weighted by Gasteiger charge is -2.19. The van der Waals surface area contributed by atoms with E-state index in [1.807, 2.05) is 0 Å². The number of rotatable bonds is 3. The van der Waals surface area contributed by atoms with E-state index in [1.165, 1.54) is 98.4 Å². The fraction of sp³-hybridized carbons (Fsp3) is 0.0213. The predicted octanol–water partition coefficient (Wildman–Crippen LogP) is 13.0. The predicted molar refractivity (Wildman–Crippen MR) is 206 cm³/mol. The topological polar surface area (TPSA) is 4.93 Å². The first-order chi connectivity index (χ1) is 23.7. The summed E-state index contributed by atoms with van der Waals surface area (Å²) in [4.78, 5) is 0. The molecule has 1 heteroatoms. The Kier molecular flexibility index (Phi) is 5.86. The van der Waals surface area contributed by atoms with E-state index >= 15 is 0 Å². The van der Waals surface area contributed by atoms with Crippen molar-refractivity contribution in [1.82, 2.24) is 4.57 Å². The zero-order valence-corrected chi connectivity index (χ0v) is 26.6. The molecule has 0 radical (unpaired) electrons. The first kappa shape index (κ1) is 27.0. The molecule has 0 saturated carbocycles. The van der Waals surface area contributed by atoms with Crippen LogP contribution in [0, 0.1) is 6.92 Å². The van der Waals surface area contributed by atoms with Crippen molar-refractivity contribution >= 4 is 64.9 Å². The van der Waals surface area contributed by atoms with Gasteiger partial charge in [-0.25, -0.2) is 0 Å². The molecule has 0 atom stereocenters. The van der Waals surface area contributed by atoms with Gasteiger partial charge in [-0.1, -0.05) is 158 Å². The molecule has 0 aliphatic rings. The molecule has 0 saturated heterocycles. The molecule has 224 valence electrons. The lowest BCUT2D eigenvalue weighted by atomic mass is 9.85. The summed E-state index contributed by atoms with van der Waals surface area (Å²) in [7, 11) is 0. The van der Waals surface area contributed by atoms with Crippen molar-refractivity contribution in [2.75, 3.05) is 0 Å². The molecule has 9 aromatic carbocycles. The van der Waals surface area contributed by atoms with Crippen LogP contribution in [0.5, 0.6) is 0 Å². The summed E-state index contributed by atoms with van der Waals surface area (Å²) in [5, 5.41) is 12.7. The van der Waals surface area contributed by atoms with Gasteiger partial charge in [-0.05, 0) is 79.2 Å². The molecule has 48 heavy (non-hydrogen) atoms. The van der Waals surface area contributed by atoms with E-state index in [4.69, 9.17) is 0 Å². The number of aryl methyl sites for hydroxylation is 1. The lowest BCUT2D eigenvalue weighted by Crippen LogP contribution is -1.98. The third-order valence-corrected chi connectivity index (χ3v) is 10.1. The van der Waals surface area contributed by atoms with Gasteiger partial charge in [-0.2, -0.15) is 0 Å². The van der Waals surface area contributed by atoms with Crippen molar-refractivity contribution < 1.29 is 0 Å². The third kappa shape index (κ3) is 3.91. The van der Waals surface area contributed by atoms with Crippen LogP contribution >= 0.6 is 0 Å². The van der Waals surface area contributed by atoms with E-state index < -0.39 is 0 Å². The number of aromatic nitrogens is 1. The highest BCUT2D eigenvalue weighted by Gasteiger charge is 2.20. The normalized spacial score (nSPS) is 11.9. The van der Waals surface area contributed by atoms with E-state index in [2.05, 4.69) is 181 Å². The quantitative estimate of drug-likeness (QED) is 0.176. The van der Waals surface area contributed by atoms with Crippen molar-refractivity contribution in [1.29, 1.82) is 0 Å². The Morgan fingerprint density at radius 2 is 0.771 bits per heavy atom. The number of benzene rings is 9. The van der Waals surface area contributed by atoms with Crippen LogP contribution in [0.4, 0.5) is 0 Å². The molecule has 0 bridgehead atoms. The maximum Gasteiger partial charge on any atom is 0.0619 e. The summed E-state index contributed by atoms with van der Waals surface area (Å²) in [6.45, 7) is 2.24. The zero-order valence-electron chi connectivity index (χ0n) is 26.6. The van der Waals surface area contributed by atoms with Crippen LogP contribution < -0.4 is 0 Å². The van der Waals surface area contributed by atoms with Gasteiger partial charge in [0.05, 0.1) is 11.0 Å². The summed E-state index contributed by atoms with van der Waals surface area (Å²) in [6.07, 6.45) is 0. The highest BCUT2D eigenvalue weighted by molar-refractivity contribution is 6.24. The Morgan fingerprint density at radius 3 is 1.29 bits per heavy atom. The number of nitrogens with zero attached hydrogens (tertiary/aromatic N) is 1. The Hall–Kier alpha value is -6.18. The second kappa shape index (κ2) is 10.4. The average Bonchev–Trinajstić information content (AvgIpc) is 3.49. The van der Waals surface area contributed by atoms with Gasteiger partial charge in [0.15, 0.2) is 0 Å². The molecule has 0 fully saturated rings. The molecule has 10 aromatic rings. The highest BCUT2D eigenvalue weighted by atomic mass is 15.0. The van der Waals surface area contributed by atoms with E-state index in [0.29, 0.717) is 0 Å². The summed E-state index contributed by atoms with van der Waals surface area (Å²) in [5.74, 6) is 0. The van der Waals surface area contributed by atoms with Gasteiger partial charge < -0.3 is 4.57 Å². The van der Waals surface area contributed by atoms with Gasteiger partial charge in [0.2, 0.25) is 0 Å². The van der Waals surface area contributed by atoms with Crippen LogP contribution in [0.25, 0.3) is 92.8 Å². The van der Waals surface area contributed by atoms with Crippen molar-refractivity contribution in [3.63, 3.8) is 0 Å². The van der Waals surface area contributed by atoms with Crippen LogP contribution in [0.1, 0.15) is 5.56 Å². The molecule has 1 nitrogen and oxygen atoms in total. The molecule has 0 spiro atoms. The minimum atomic E-state index is 1.18. The third-order valence-electron chi connectivity index (χ3n) is 10.1. The van der Waals surface area contributed by atoms with Crippen LogP contribution in [-0.2, 0) is 0 Å². The van der Waals surface area contributed by atoms with Crippen LogP contribution in [0.15, 0.2) is 170 Å². The summed E-state index contributed by atoms with van der Waals surface area (Å²) >= 11 is 0. The first-order valence-electron chi connectivity index (χ1n) is 16.7. The number of hydrogen-bond donors (Lipinski definition) is 0. The van der Waals surface area contributed by atoms with Crippen molar-refractivity contribution in [2.24, 2.45) is 0 Å². The van der Waals surface area contributed by atoms with Gasteiger partial charge >= 0.3 is 0 Å². The molecular formula is C47H31N. The fourth-order valence-corrected chi connectivity index (χ4v) is 8.19. The maximum atomic E-state index is 2.54. The van der Waals surface area contributed by atoms with Gasteiger partial charge in [0.1, 0.15) is 0 Å². The second-order valence-corrected chi connectivity index (χ2v) is 13.0. The van der Waals surface area contributed by atoms with Crippen molar-refractivity contribution in [3.8, 4) is 27.9 Å². The van der Waals surface area contributed by atoms with Crippen molar-refractivity contribution in [2.45, 2.75) is 6.92 Å². The van der Waals surface area contributed by atoms with E-state index in [1.54, 1.807) is 0 Å². The molecule has 0 aliphatic carbocycles. The lowest BCUT2D eigenvalue weighted by molar-refractivity contribution is 1.18. The van der Waals surface area contributed by atoms with Crippen molar-refractivity contribution in [3.05, 3.63) is 175 Å². The molecule has 0 unspecified atom stereocenters. The monoisotopic (exact) mass is 609 g/mol. The van der Waals surface area contributed by atoms with Crippen LogP contribution in [-0.4, -0.2) is 4.57 Å². The molecule has 1 aromatic heterocycles. The summed E-state index contributed by atoms with van der Waals surface area (Å²) in [6, 6.07) is 62.6. The minimum absolute atomic E-state index is 1.18. The number of fused-ring (bicyclic) bond motifs is 9. The summed E-state index contributed by atoms with van der Waals surface area (Å²) in [5.41, 5.74) is 9.96. The molecular weight excluding hydrogens is 579 g/mol. The van der Waals surface area contributed by atoms with Gasteiger partial charge in [0, 0.05) is 27.2 Å². The Balaban J connectivity index is 1.35.